The van der Waals surface area contributed by atoms with Gasteiger partial charge in [-0.05, 0) is 65.8 Å². The Bertz CT molecular complexity index is 1170. The lowest BCUT2D eigenvalue weighted by Crippen LogP contribution is -1.92. The molecule has 4 aromatic carbocycles. The Morgan fingerprint density at radius 2 is 1.10 bits per heavy atom. The fourth-order valence-corrected chi connectivity index (χ4v) is 3.28. The van der Waals surface area contributed by atoms with Crippen LogP contribution in [0.2, 0.25) is 0 Å². The van der Waals surface area contributed by atoms with Gasteiger partial charge in [-0.3, -0.25) is 0 Å². The summed E-state index contributed by atoms with van der Waals surface area (Å²) in [5.41, 5.74) is 4.59. The minimum absolute atomic E-state index is 0.647. The van der Waals surface area contributed by atoms with E-state index in [-0.39, 0.29) is 0 Å². The summed E-state index contributed by atoms with van der Waals surface area (Å²) >= 11 is 0. The van der Waals surface area contributed by atoms with Gasteiger partial charge in [0.05, 0.1) is 22.7 Å². The molecule has 0 atom stereocenters. The molecule has 0 fully saturated rings. The van der Waals surface area contributed by atoms with Crippen LogP contribution in [-0.4, -0.2) is 0 Å². The number of fused-ring (bicyclic) bond motifs is 1. The van der Waals surface area contributed by atoms with E-state index in [0.717, 1.165) is 39.9 Å². The highest BCUT2D eigenvalue weighted by Gasteiger charge is 2.00. The van der Waals surface area contributed by atoms with Crippen LogP contribution in [0.5, 0.6) is 0 Å². The fraction of sp³-hybridized carbons (Fsp3) is 0.154. The molecule has 0 spiro atoms. The Morgan fingerprint density at radius 1 is 0.567 bits per heavy atom. The first-order valence-electron chi connectivity index (χ1n) is 10.2. The van der Waals surface area contributed by atoms with Crippen molar-refractivity contribution in [1.29, 1.82) is 0 Å². The molecule has 0 aromatic heterocycles. The minimum Gasteiger partial charge on any atom is -0.151 e. The summed E-state index contributed by atoms with van der Waals surface area (Å²) in [6, 6.07) is 30.1. The van der Waals surface area contributed by atoms with Crippen LogP contribution in [0.3, 0.4) is 0 Å². The molecule has 4 rings (SSSR count). The number of hydrogen-bond acceptors (Lipinski definition) is 4. The van der Waals surface area contributed by atoms with Crippen LogP contribution in [0.15, 0.2) is 111 Å². The van der Waals surface area contributed by atoms with Crippen molar-refractivity contribution in [3.8, 4) is 0 Å². The molecule has 0 aliphatic rings. The van der Waals surface area contributed by atoms with Gasteiger partial charge in [-0.2, -0.15) is 15.3 Å². The molecule has 4 aromatic rings. The highest BCUT2D eigenvalue weighted by atomic mass is 15.1. The predicted molar refractivity (Wildman–Crippen MR) is 124 cm³/mol. The van der Waals surface area contributed by atoms with Crippen molar-refractivity contribution in [2.24, 2.45) is 26.4 Å². The van der Waals surface area contributed by atoms with E-state index < -0.39 is 0 Å². The van der Waals surface area contributed by atoms with Crippen LogP contribution >= 0.6 is 0 Å². The van der Waals surface area contributed by atoms with Crippen molar-refractivity contribution in [3.05, 3.63) is 96.6 Å². The van der Waals surface area contributed by atoms with Crippen molar-refractivity contribution >= 4 is 33.5 Å². The fourth-order valence-electron chi connectivity index (χ4n) is 3.28. The van der Waals surface area contributed by atoms with Gasteiger partial charge < -0.3 is 0 Å². The summed E-state index contributed by atoms with van der Waals surface area (Å²) in [5.74, 6) is 0.647. The van der Waals surface area contributed by atoms with Crippen LogP contribution in [0.25, 0.3) is 10.8 Å². The second kappa shape index (κ2) is 9.23. The van der Waals surface area contributed by atoms with Crippen molar-refractivity contribution in [2.75, 3.05) is 0 Å². The second-order valence-electron chi connectivity index (χ2n) is 7.68. The number of benzene rings is 4. The molecular weight excluding hydrogens is 368 g/mol. The average Bonchev–Trinajstić information content (AvgIpc) is 2.77. The monoisotopic (exact) mass is 392 g/mol. The summed E-state index contributed by atoms with van der Waals surface area (Å²) in [7, 11) is 0. The Labute approximate surface area is 177 Å². The quantitative estimate of drug-likeness (QED) is 0.294. The predicted octanol–water partition coefficient (Wildman–Crippen LogP) is 8.87. The van der Waals surface area contributed by atoms with Crippen LogP contribution < -0.4 is 0 Å². The first-order valence-corrected chi connectivity index (χ1v) is 10.2. The summed E-state index contributed by atoms with van der Waals surface area (Å²) in [6.45, 7) is 4.44. The summed E-state index contributed by atoms with van der Waals surface area (Å²) < 4.78 is 0. The van der Waals surface area contributed by atoms with E-state index in [1.54, 1.807) is 0 Å². The molecule has 30 heavy (non-hydrogen) atoms. The highest BCUT2D eigenvalue weighted by molar-refractivity contribution is 5.92. The normalized spacial score (nSPS) is 11.8. The molecule has 0 unspecified atom stereocenters. The number of rotatable bonds is 6. The molecule has 0 aliphatic carbocycles. The summed E-state index contributed by atoms with van der Waals surface area (Å²) in [6.07, 6.45) is 1.08. The van der Waals surface area contributed by atoms with Gasteiger partial charge in [-0.25, -0.2) is 0 Å². The maximum atomic E-state index is 4.43. The molecule has 0 radical (unpaired) electrons. The van der Waals surface area contributed by atoms with Crippen LogP contribution in [-0.2, 0) is 6.42 Å². The molecule has 0 N–H and O–H groups in total. The van der Waals surface area contributed by atoms with Gasteiger partial charge in [0.15, 0.2) is 0 Å². The third-order valence-corrected chi connectivity index (χ3v) is 4.75. The zero-order chi connectivity index (χ0) is 20.8. The lowest BCUT2D eigenvalue weighted by Gasteiger charge is -2.04. The van der Waals surface area contributed by atoms with Crippen molar-refractivity contribution < 1.29 is 0 Å². The van der Waals surface area contributed by atoms with E-state index in [9.17, 15) is 0 Å². The van der Waals surface area contributed by atoms with Gasteiger partial charge in [-0.15, -0.1) is 5.11 Å². The van der Waals surface area contributed by atoms with E-state index in [2.05, 4.69) is 64.6 Å². The SMILES string of the molecule is CC(C)Cc1ccc(N=Nc2ccc(N=Nc3cccc4ccccc34)cc2)cc1. The summed E-state index contributed by atoms with van der Waals surface area (Å²) in [4.78, 5) is 0. The second-order valence-corrected chi connectivity index (χ2v) is 7.68. The molecule has 0 saturated carbocycles. The first kappa shape index (κ1) is 19.6. The zero-order valence-corrected chi connectivity index (χ0v) is 17.2. The van der Waals surface area contributed by atoms with Gasteiger partial charge >= 0.3 is 0 Å². The topological polar surface area (TPSA) is 49.4 Å². The molecule has 0 bridgehead atoms. The maximum absolute atomic E-state index is 4.43. The van der Waals surface area contributed by atoms with E-state index in [4.69, 9.17) is 0 Å². The van der Waals surface area contributed by atoms with Gasteiger partial charge in [0, 0.05) is 5.39 Å². The number of nitrogens with zero attached hydrogens (tertiary/aromatic N) is 4. The number of hydrogen-bond donors (Lipinski definition) is 0. The van der Waals surface area contributed by atoms with E-state index in [1.807, 2.05) is 60.7 Å². The van der Waals surface area contributed by atoms with E-state index in [1.165, 1.54) is 5.56 Å². The lowest BCUT2D eigenvalue weighted by atomic mass is 10.0. The molecule has 0 amide bonds. The number of azo groups is 2. The zero-order valence-electron chi connectivity index (χ0n) is 17.2. The van der Waals surface area contributed by atoms with Crippen molar-refractivity contribution in [2.45, 2.75) is 20.3 Å². The van der Waals surface area contributed by atoms with Gasteiger partial charge in [0.1, 0.15) is 0 Å². The third-order valence-electron chi connectivity index (χ3n) is 4.75. The Hall–Kier alpha value is -3.66. The van der Waals surface area contributed by atoms with E-state index in [0.29, 0.717) is 5.92 Å². The van der Waals surface area contributed by atoms with Crippen molar-refractivity contribution in [1.82, 2.24) is 0 Å². The van der Waals surface area contributed by atoms with Crippen LogP contribution in [0.1, 0.15) is 19.4 Å². The highest BCUT2D eigenvalue weighted by Crippen LogP contribution is 2.28. The van der Waals surface area contributed by atoms with Crippen molar-refractivity contribution in [3.63, 3.8) is 0 Å². The molecule has 0 heterocycles. The molecule has 4 heteroatoms. The Kier molecular flexibility index (Phi) is 6.04. The van der Waals surface area contributed by atoms with Gasteiger partial charge in [0.2, 0.25) is 0 Å². The molecule has 0 aliphatic heterocycles. The standard InChI is InChI=1S/C26H24N4/c1-19(2)18-20-10-12-22(13-11-20)27-28-23-14-16-24(17-15-23)29-30-26-9-5-7-21-6-3-4-8-25(21)26/h3-17,19H,18H2,1-2H3. The molecular formula is C26H24N4. The Morgan fingerprint density at radius 3 is 1.73 bits per heavy atom. The minimum atomic E-state index is 0.647. The Balaban J connectivity index is 1.44. The van der Waals surface area contributed by atoms with E-state index >= 15 is 0 Å². The van der Waals surface area contributed by atoms with Gasteiger partial charge in [-0.1, -0.05) is 62.4 Å². The molecule has 148 valence electrons. The van der Waals surface area contributed by atoms with Crippen LogP contribution in [0, 0.1) is 5.92 Å². The summed E-state index contributed by atoms with van der Waals surface area (Å²) in [5, 5.41) is 19.7. The largest absolute Gasteiger partial charge is 0.151 e. The molecule has 4 nitrogen and oxygen atoms in total. The maximum Gasteiger partial charge on any atom is 0.0935 e. The first-order chi connectivity index (χ1) is 14.7. The van der Waals surface area contributed by atoms with Gasteiger partial charge in [0.25, 0.3) is 0 Å². The average molecular weight is 393 g/mol. The lowest BCUT2D eigenvalue weighted by molar-refractivity contribution is 0.647. The smallest absolute Gasteiger partial charge is 0.0935 e. The third kappa shape index (κ3) is 5.03. The molecule has 0 saturated heterocycles. The van der Waals surface area contributed by atoms with Crippen LogP contribution in [0.4, 0.5) is 22.7 Å².